The van der Waals surface area contributed by atoms with E-state index in [0.29, 0.717) is 12.7 Å². The van der Waals surface area contributed by atoms with Crippen LogP contribution in [0.3, 0.4) is 0 Å². The Balaban J connectivity index is 1.28. The lowest BCUT2D eigenvalue weighted by molar-refractivity contribution is 0.0730. The maximum absolute atomic E-state index is 12.8. The van der Waals surface area contributed by atoms with Crippen LogP contribution in [0, 0.1) is 5.41 Å². The van der Waals surface area contributed by atoms with Crippen molar-refractivity contribution in [3.8, 4) is 0 Å². The van der Waals surface area contributed by atoms with Crippen molar-refractivity contribution in [1.82, 2.24) is 14.7 Å². The van der Waals surface area contributed by atoms with E-state index in [9.17, 15) is 4.79 Å². The molecule has 3 atom stereocenters. The van der Waals surface area contributed by atoms with E-state index in [1.54, 1.807) is 0 Å². The third-order valence-corrected chi connectivity index (χ3v) is 7.23. The van der Waals surface area contributed by atoms with Gasteiger partial charge in [-0.3, -0.25) is 4.90 Å². The summed E-state index contributed by atoms with van der Waals surface area (Å²) in [6, 6.07) is 8.37. The maximum atomic E-state index is 12.8. The van der Waals surface area contributed by atoms with Crippen LogP contribution in [-0.4, -0.2) is 60.2 Å². The molecule has 1 fully saturated rings. The summed E-state index contributed by atoms with van der Waals surface area (Å²) in [6.45, 7) is 4.86. The van der Waals surface area contributed by atoms with Crippen molar-refractivity contribution >= 4 is 6.09 Å². The van der Waals surface area contributed by atoms with Crippen molar-refractivity contribution in [3.63, 3.8) is 0 Å². The fourth-order valence-corrected chi connectivity index (χ4v) is 5.77. The molecule has 1 aromatic rings. The smallest absolute Gasteiger partial charge is 0.410 e. The summed E-state index contributed by atoms with van der Waals surface area (Å²) in [4.78, 5) is 19.5. The Kier molecular flexibility index (Phi) is 4.05. The summed E-state index contributed by atoms with van der Waals surface area (Å²) in [6.07, 6.45) is 7.16. The van der Waals surface area contributed by atoms with Crippen LogP contribution in [0.2, 0.25) is 0 Å². The Bertz CT molecular complexity index is 876. The van der Waals surface area contributed by atoms with Crippen LogP contribution in [0.25, 0.3) is 0 Å². The van der Waals surface area contributed by atoms with Gasteiger partial charge in [-0.1, -0.05) is 31.2 Å². The third kappa shape index (κ3) is 2.60. The van der Waals surface area contributed by atoms with Gasteiger partial charge in [0.15, 0.2) is 0 Å². The Morgan fingerprint density at radius 2 is 1.96 bits per heavy atom. The SMILES string of the molecule is CN1CC[C@@]2(C)C3=C(C=CC(OC(=O)N4CCc5ccccc5C4)C3)N(C)[C@H]12. The second-order valence-electron chi connectivity index (χ2n) is 8.92. The molecule has 5 nitrogen and oxygen atoms in total. The van der Waals surface area contributed by atoms with E-state index in [1.807, 2.05) is 11.0 Å². The number of rotatable bonds is 1. The van der Waals surface area contributed by atoms with E-state index in [4.69, 9.17) is 4.74 Å². The molecule has 1 saturated heterocycles. The van der Waals surface area contributed by atoms with Gasteiger partial charge in [-0.2, -0.15) is 0 Å². The normalized spacial score (nSPS) is 31.7. The molecule has 1 aliphatic carbocycles. The average molecular weight is 380 g/mol. The summed E-state index contributed by atoms with van der Waals surface area (Å²) in [5.74, 6) is 0. The van der Waals surface area contributed by atoms with Gasteiger partial charge in [0.2, 0.25) is 0 Å². The fraction of sp³-hybridized carbons (Fsp3) is 0.522. The number of hydrogen-bond acceptors (Lipinski definition) is 4. The van der Waals surface area contributed by atoms with Gasteiger partial charge in [0, 0.05) is 44.2 Å². The number of fused-ring (bicyclic) bond motifs is 3. The predicted octanol–water partition coefficient (Wildman–Crippen LogP) is 3.38. The third-order valence-electron chi connectivity index (χ3n) is 7.23. The molecule has 4 aliphatic rings. The maximum Gasteiger partial charge on any atom is 0.410 e. The van der Waals surface area contributed by atoms with Crippen molar-refractivity contribution in [2.24, 2.45) is 5.41 Å². The molecular weight excluding hydrogens is 350 g/mol. The van der Waals surface area contributed by atoms with Gasteiger partial charge in [0.05, 0.1) is 6.17 Å². The molecule has 0 N–H and O–H groups in total. The van der Waals surface area contributed by atoms with Gasteiger partial charge in [-0.25, -0.2) is 4.79 Å². The van der Waals surface area contributed by atoms with Crippen LogP contribution < -0.4 is 0 Å². The van der Waals surface area contributed by atoms with Crippen LogP contribution in [0.1, 0.15) is 30.9 Å². The van der Waals surface area contributed by atoms with Gasteiger partial charge >= 0.3 is 6.09 Å². The molecule has 0 aromatic heterocycles. The van der Waals surface area contributed by atoms with Crippen LogP contribution in [-0.2, 0) is 17.7 Å². The first-order chi connectivity index (χ1) is 13.5. The topological polar surface area (TPSA) is 36.0 Å². The highest BCUT2D eigenvalue weighted by Gasteiger charge is 2.53. The first-order valence-corrected chi connectivity index (χ1v) is 10.3. The number of carbonyl (C=O) groups excluding carboxylic acids is 1. The number of carbonyl (C=O) groups is 1. The molecule has 1 amide bonds. The van der Waals surface area contributed by atoms with Gasteiger partial charge in [0.25, 0.3) is 0 Å². The van der Waals surface area contributed by atoms with Crippen molar-refractivity contribution in [1.29, 1.82) is 0 Å². The molecule has 28 heavy (non-hydrogen) atoms. The number of allylic oxidation sites excluding steroid dienone is 1. The van der Waals surface area contributed by atoms with E-state index in [0.717, 1.165) is 32.4 Å². The first kappa shape index (κ1) is 17.8. The largest absolute Gasteiger partial charge is 0.441 e. The van der Waals surface area contributed by atoms with Crippen LogP contribution in [0.5, 0.6) is 0 Å². The van der Waals surface area contributed by atoms with E-state index < -0.39 is 0 Å². The second-order valence-corrected chi connectivity index (χ2v) is 8.92. The summed E-state index contributed by atoms with van der Waals surface area (Å²) in [5.41, 5.74) is 5.50. The molecule has 0 radical (unpaired) electrons. The Hall–Kier alpha value is -2.27. The molecule has 0 spiro atoms. The highest BCUT2D eigenvalue weighted by molar-refractivity contribution is 5.69. The molecule has 0 bridgehead atoms. The molecule has 1 unspecified atom stereocenters. The number of hydrogen-bond donors (Lipinski definition) is 0. The molecule has 0 saturated carbocycles. The Morgan fingerprint density at radius 1 is 1.18 bits per heavy atom. The average Bonchev–Trinajstić information content (AvgIpc) is 3.13. The van der Waals surface area contributed by atoms with Gasteiger partial charge in [-0.15, -0.1) is 0 Å². The van der Waals surface area contributed by atoms with Crippen molar-refractivity contribution in [2.45, 2.75) is 45.0 Å². The van der Waals surface area contributed by atoms with E-state index in [1.165, 1.54) is 22.4 Å². The monoisotopic (exact) mass is 379 g/mol. The molecular formula is C23H29N3O2. The zero-order valence-electron chi connectivity index (χ0n) is 17.0. The number of amides is 1. The van der Waals surface area contributed by atoms with Gasteiger partial charge < -0.3 is 14.5 Å². The number of ether oxygens (including phenoxy) is 1. The molecule has 148 valence electrons. The summed E-state index contributed by atoms with van der Waals surface area (Å²) in [5, 5.41) is 0. The molecule has 1 aromatic carbocycles. The van der Waals surface area contributed by atoms with Crippen LogP contribution in [0.4, 0.5) is 4.79 Å². The standard InChI is InChI=1S/C23H29N3O2/c1-23-11-13-24(2)21(23)25(3)20-9-8-18(14-19(20)23)28-22(27)26-12-10-16-6-4-5-7-17(16)15-26/h4-9,18,21H,10-15H2,1-3H3/t18?,21-,23-/m0/s1. The summed E-state index contributed by atoms with van der Waals surface area (Å²) >= 11 is 0. The number of likely N-dealkylation sites (tertiary alicyclic amines) is 1. The highest BCUT2D eigenvalue weighted by atomic mass is 16.6. The predicted molar refractivity (Wildman–Crippen MR) is 109 cm³/mol. The van der Waals surface area contributed by atoms with E-state index >= 15 is 0 Å². The fourth-order valence-electron chi connectivity index (χ4n) is 5.77. The second kappa shape index (κ2) is 6.38. The molecule has 5 rings (SSSR count). The lowest BCUT2D eigenvalue weighted by atomic mass is 9.77. The molecule has 3 heterocycles. The summed E-state index contributed by atoms with van der Waals surface area (Å²) in [7, 11) is 4.40. The van der Waals surface area contributed by atoms with Crippen LogP contribution in [0.15, 0.2) is 47.7 Å². The zero-order chi connectivity index (χ0) is 19.5. The van der Waals surface area contributed by atoms with Crippen LogP contribution >= 0.6 is 0 Å². The lowest BCUT2D eigenvalue weighted by Gasteiger charge is -2.34. The minimum Gasteiger partial charge on any atom is -0.441 e. The summed E-state index contributed by atoms with van der Waals surface area (Å²) < 4.78 is 5.94. The minimum atomic E-state index is -0.190. The number of likely N-dealkylation sites (N-methyl/N-ethyl adjacent to an activating group) is 1. The Labute approximate surface area is 167 Å². The molecule has 3 aliphatic heterocycles. The highest BCUT2D eigenvalue weighted by Crippen LogP contribution is 2.53. The van der Waals surface area contributed by atoms with Gasteiger partial charge in [0.1, 0.15) is 6.10 Å². The number of benzene rings is 1. The van der Waals surface area contributed by atoms with E-state index in [2.05, 4.69) is 61.2 Å². The number of nitrogens with zero attached hydrogens (tertiary/aromatic N) is 3. The Morgan fingerprint density at radius 3 is 2.79 bits per heavy atom. The zero-order valence-corrected chi connectivity index (χ0v) is 17.0. The minimum absolute atomic E-state index is 0.151. The first-order valence-electron chi connectivity index (χ1n) is 10.3. The van der Waals surface area contributed by atoms with Gasteiger partial charge in [-0.05, 0) is 48.7 Å². The van der Waals surface area contributed by atoms with Crippen molar-refractivity contribution in [2.75, 3.05) is 27.2 Å². The quantitative estimate of drug-likeness (QED) is 0.750. The van der Waals surface area contributed by atoms with E-state index in [-0.39, 0.29) is 17.6 Å². The van der Waals surface area contributed by atoms with Crippen molar-refractivity contribution < 1.29 is 9.53 Å². The molecule has 5 heteroatoms. The van der Waals surface area contributed by atoms with Crippen molar-refractivity contribution in [3.05, 3.63) is 58.8 Å². The lowest BCUT2D eigenvalue weighted by Crippen LogP contribution is -2.43.